The Morgan fingerprint density at radius 1 is 0.765 bits per heavy atom. The van der Waals surface area contributed by atoms with E-state index in [2.05, 4.69) is 36.4 Å². The largest absolute Gasteiger partial charge is 0.450 e. The maximum atomic E-state index is 13.4. The summed E-state index contributed by atoms with van der Waals surface area (Å²) in [5.41, 5.74) is 4.95. The number of hydrogen-bond donors (Lipinski definition) is 0. The van der Waals surface area contributed by atoms with Crippen molar-refractivity contribution in [3.05, 3.63) is 113 Å². The number of ether oxygens (including phenoxy) is 2. The van der Waals surface area contributed by atoms with E-state index in [0.29, 0.717) is 12.2 Å². The van der Waals surface area contributed by atoms with Gasteiger partial charge in [0.2, 0.25) is 0 Å². The van der Waals surface area contributed by atoms with Crippen molar-refractivity contribution in [3.63, 3.8) is 0 Å². The highest BCUT2D eigenvalue weighted by molar-refractivity contribution is 5.91. The molecule has 3 aliphatic carbocycles. The van der Waals surface area contributed by atoms with E-state index in [9.17, 15) is 9.59 Å². The maximum absolute atomic E-state index is 13.4. The Kier molecular flexibility index (Phi) is 4.95. The van der Waals surface area contributed by atoms with Gasteiger partial charge in [0.15, 0.2) is 6.10 Å². The van der Waals surface area contributed by atoms with Gasteiger partial charge in [-0.3, -0.25) is 4.79 Å². The molecule has 2 atom stereocenters. The van der Waals surface area contributed by atoms with Gasteiger partial charge in [-0.15, -0.1) is 0 Å². The zero-order valence-corrected chi connectivity index (χ0v) is 18.8. The molecular formula is C30H24O4. The van der Waals surface area contributed by atoms with E-state index in [4.69, 9.17) is 9.47 Å². The van der Waals surface area contributed by atoms with Crippen molar-refractivity contribution in [3.8, 4) is 5.75 Å². The van der Waals surface area contributed by atoms with E-state index in [-0.39, 0.29) is 23.7 Å². The molecule has 0 radical (unpaired) electrons. The van der Waals surface area contributed by atoms with E-state index in [1.165, 1.54) is 22.3 Å². The molecule has 4 heteroatoms. The smallest absolute Gasteiger partial charge is 0.352 e. The minimum Gasteiger partial charge on any atom is -0.450 e. The third-order valence-corrected chi connectivity index (χ3v) is 7.19. The summed E-state index contributed by atoms with van der Waals surface area (Å²) < 4.78 is 11.3. The van der Waals surface area contributed by atoms with Gasteiger partial charge < -0.3 is 9.47 Å². The summed E-state index contributed by atoms with van der Waals surface area (Å²) in [7, 11) is 0. The Hall–Kier alpha value is -3.92. The topological polar surface area (TPSA) is 52.6 Å². The third-order valence-electron chi connectivity index (χ3n) is 7.19. The van der Waals surface area contributed by atoms with Crippen LogP contribution in [-0.2, 0) is 14.3 Å². The molecule has 2 bridgehead atoms. The second-order valence-electron chi connectivity index (χ2n) is 9.11. The molecule has 0 saturated heterocycles. The molecule has 34 heavy (non-hydrogen) atoms. The average Bonchev–Trinajstić information content (AvgIpc) is 2.89. The highest BCUT2D eigenvalue weighted by atomic mass is 16.6. The highest BCUT2D eigenvalue weighted by Gasteiger charge is 2.47. The third kappa shape index (κ3) is 3.29. The van der Waals surface area contributed by atoms with Crippen molar-refractivity contribution in [1.29, 1.82) is 0 Å². The molecule has 0 saturated carbocycles. The molecule has 3 aliphatic rings. The first kappa shape index (κ1) is 20.7. The van der Waals surface area contributed by atoms with Crippen LogP contribution in [0.1, 0.15) is 47.4 Å². The van der Waals surface area contributed by atoms with Crippen LogP contribution in [0.15, 0.2) is 91.0 Å². The van der Waals surface area contributed by atoms with Crippen molar-refractivity contribution in [2.75, 3.05) is 0 Å². The lowest BCUT2D eigenvalue weighted by Crippen LogP contribution is -2.39. The normalized spacial score (nSPS) is 20.8. The molecule has 4 aromatic carbocycles. The van der Waals surface area contributed by atoms with Gasteiger partial charge in [0.1, 0.15) is 5.75 Å². The van der Waals surface area contributed by atoms with E-state index in [0.717, 1.165) is 10.8 Å². The van der Waals surface area contributed by atoms with Gasteiger partial charge in [-0.05, 0) is 47.1 Å². The van der Waals surface area contributed by atoms with Crippen LogP contribution in [0.2, 0.25) is 0 Å². The molecule has 0 amide bonds. The molecule has 0 N–H and O–H groups in total. The Balaban J connectivity index is 1.23. The second kappa shape index (κ2) is 8.14. The van der Waals surface area contributed by atoms with Gasteiger partial charge in [0, 0.05) is 17.2 Å². The fraction of sp³-hybridized carbons (Fsp3) is 0.200. The maximum Gasteiger partial charge on any atom is 0.352 e. The summed E-state index contributed by atoms with van der Waals surface area (Å²) in [6.45, 7) is 1.58. The lowest BCUT2D eigenvalue weighted by Gasteiger charge is -2.44. The predicted molar refractivity (Wildman–Crippen MR) is 130 cm³/mol. The lowest BCUT2D eigenvalue weighted by molar-refractivity contribution is -0.165. The Morgan fingerprint density at radius 2 is 1.35 bits per heavy atom. The molecule has 0 fully saturated rings. The molecular weight excluding hydrogens is 424 g/mol. The summed E-state index contributed by atoms with van der Waals surface area (Å²) in [4.78, 5) is 26.2. The van der Waals surface area contributed by atoms with Crippen LogP contribution in [0.25, 0.3) is 10.8 Å². The van der Waals surface area contributed by atoms with Crippen molar-refractivity contribution in [2.24, 2.45) is 5.92 Å². The molecule has 0 spiro atoms. The van der Waals surface area contributed by atoms with Gasteiger partial charge in [-0.1, -0.05) is 84.9 Å². The number of rotatable bonds is 4. The number of hydrogen-bond acceptors (Lipinski definition) is 4. The zero-order chi connectivity index (χ0) is 23.2. The van der Waals surface area contributed by atoms with Crippen molar-refractivity contribution in [1.82, 2.24) is 0 Å². The first-order valence-corrected chi connectivity index (χ1v) is 11.7. The van der Waals surface area contributed by atoms with Crippen LogP contribution >= 0.6 is 0 Å². The molecule has 2 unspecified atom stereocenters. The van der Waals surface area contributed by atoms with Crippen LogP contribution in [0.5, 0.6) is 5.75 Å². The minimum absolute atomic E-state index is 0.0637. The van der Waals surface area contributed by atoms with Gasteiger partial charge in [0.05, 0.1) is 5.92 Å². The highest BCUT2D eigenvalue weighted by Crippen LogP contribution is 2.55. The summed E-state index contributed by atoms with van der Waals surface area (Å²) >= 11 is 0. The zero-order valence-electron chi connectivity index (χ0n) is 18.8. The molecule has 168 valence electrons. The van der Waals surface area contributed by atoms with Crippen molar-refractivity contribution in [2.45, 2.75) is 31.3 Å². The summed E-state index contributed by atoms with van der Waals surface area (Å²) in [6, 6.07) is 30.0. The quantitative estimate of drug-likeness (QED) is 0.285. The molecule has 0 aliphatic heterocycles. The minimum atomic E-state index is -1.00. The molecule has 0 heterocycles. The second-order valence-corrected chi connectivity index (χ2v) is 9.11. The Morgan fingerprint density at radius 3 is 2.06 bits per heavy atom. The number of esters is 2. The number of carbonyl (C=O) groups excluding carboxylic acids is 2. The predicted octanol–water partition coefficient (Wildman–Crippen LogP) is 5.97. The van der Waals surface area contributed by atoms with Crippen LogP contribution in [0, 0.1) is 5.92 Å². The molecule has 0 aromatic heterocycles. The molecule has 7 rings (SSSR count). The van der Waals surface area contributed by atoms with Crippen LogP contribution in [0.4, 0.5) is 0 Å². The van der Waals surface area contributed by atoms with Crippen molar-refractivity contribution >= 4 is 22.7 Å². The summed E-state index contributed by atoms with van der Waals surface area (Å²) in [6.07, 6.45) is -0.319. The Bertz CT molecular complexity index is 1370. The SMILES string of the molecule is CC(OC(=O)C1CC2c3ccccc3C1c1ccccc12)C(=O)Oc1cccc2ccccc12. The standard InChI is InChI=1S/C30H24O4/c1-18(29(31)34-27-16-8-10-19-9-2-3-11-20(19)27)33-30(32)26-17-25-21-12-4-6-14-23(21)28(26)24-15-7-5-13-22(24)25/h2-16,18,25-26,28H,17H2,1H3. The number of benzene rings is 4. The van der Waals surface area contributed by atoms with Gasteiger partial charge in [-0.25, -0.2) is 4.79 Å². The van der Waals surface area contributed by atoms with E-state index in [1.807, 2.05) is 48.5 Å². The first-order valence-electron chi connectivity index (χ1n) is 11.7. The van der Waals surface area contributed by atoms with Crippen LogP contribution in [-0.4, -0.2) is 18.0 Å². The van der Waals surface area contributed by atoms with E-state index >= 15 is 0 Å². The van der Waals surface area contributed by atoms with Crippen molar-refractivity contribution < 1.29 is 19.1 Å². The first-order chi connectivity index (χ1) is 16.6. The van der Waals surface area contributed by atoms with Crippen LogP contribution < -0.4 is 4.74 Å². The fourth-order valence-electron chi connectivity index (χ4n) is 5.65. The average molecular weight is 449 g/mol. The molecule has 4 nitrogen and oxygen atoms in total. The number of carbonyl (C=O) groups is 2. The van der Waals surface area contributed by atoms with Gasteiger partial charge in [0.25, 0.3) is 0 Å². The van der Waals surface area contributed by atoms with E-state index in [1.54, 1.807) is 13.0 Å². The monoisotopic (exact) mass is 448 g/mol. The van der Waals surface area contributed by atoms with E-state index < -0.39 is 12.1 Å². The molecule has 4 aromatic rings. The number of fused-ring (bicyclic) bond motifs is 2. The van der Waals surface area contributed by atoms with Gasteiger partial charge >= 0.3 is 11.9 Å². The summed E-state index contributed by atoms with van der Waals surface area (Å²) in [5.74, 6) is -0.694. The Labute approximate surface area is 198 Å². The fourth-order valence-corrected chi connectivity index (χ4v) is 5.65. The van der Waals surface area contributed by atoms with Crippen LogP contribution in [0.3, 0.4) is 0 Å². The van der Waals surface area contributed by atoms with Gasteiger partial charge in [-0.2, -0.15) is 0 Å². The summed E-state index contributed by atoms with van der Waals surface area (Å²) in [5, 5.41) is 1.82. The lowest BCUT2D eigenvalue weighted by atomic mass is 9.59.